The van der Waals surface area contributed by atoms with Gasteiger partial charge in [-0.05, 0) is 79.4 Å². The highest BCUT2D eigenvalue weighted by Gasteiger charge is 2.78. The van der Waals surface area contributed by atoms with E-state index in [4.69, 9.17) is 11.6 Å². The zero-order valence-electron chi connectivity index (χ0n) is 21.0. The van der Waals surface area contributed by atoms with Gasteiger partial charge < -0.3 is 15.1 Å². The fourth-order valence-electron chi connectivity index (χ4n) is 9.29. The lowest BCUT2D eigenvalue weighted by Crippen LogP contribution is -2.69. The number of aliphatic hydroxyl groups is 2. The Labute approximate surface area is 220 Å². The first-order chi connectivity index (χ1) is 17.4. The lowest BCUT2D eigenvalue weighted by Gasteiger charge is -2.63. The van der Waals surface area contributed by atoms with Crippen LogP contribution in [0.4, 0.5) is 14.5 Å². The number of hydrogen-bond donors (Lipinski definition) is 2. The van der Waals surface area contributed by atoms with E-state index in [1.165, 1.54) is 18.2 Å². The van der Waals surface area contributed by atoms with Crippen LogP contribution in [-0.2, 0) is 9.59 Å². The number of alkyl halides is 2. The molecule has 6 rings (SSSR count). The highest BCUT2D eigenvalue weighted by molar-refractivity contribution is 6.30. The topological polar surface area (TPSA) is 77.8 Å². The van der Waals surface area contributed by atoms with Gasteiger partial charge in [-0.25, -0.2) is 8.78 Å². The van der Waals surface area contributed by atoms with Crippen molar-refractivity contribution >= 4 is 28.9 Å². The van der Waals surface area contributed by atoms with Crippen molar-refractivity contribution in [2.45, 2.75) is 51.1 Å². The van der Waals surface area contributed by atoms with Crippen molar-refractivity contribution in [1.82, 2.24) is 0 Å². The monoisotopic (exact) mass is 531 g/mol. The van der Waals surface area contributed by atoms with Gasteiger partial charge in [0.1, 0.15) is 12.8 Å². The van der Waals surface area contributed by atoms with Gasteiger partial charge in [-0.1, -0.05) is 30.7 Å². The van der Waals surface area contributed by atoms with E-state index in [1.807, 2.05) is 25.1 Å². The molecule has 0 spiro atoms. The molecule has 3 saturated carbocycles. The van der Waals surface area contributed by atoms with E-state index in [1.54, 1.807) is 13.0 Å². The Morgan fingerprint density at radius 3 is 2.70 bits per heavy atom. The summed E-state index contributed by atoms with van der Waals surface area (Å²) < 4.78 is 33.1. The summed E-state index contributed by atoms with van der Waals surface area (Å²) in [5.41, 5.74) is -4.55. The van der Waals surface area contributed by atoms with Crippen molar-refractivity contribution in [2.24, 2.45) is 34.0 Å². The highest BCUT2D eigenvalue weighted by Crippen LogP contribution is 2.74. The number of allylic oxidation sites excluding steroid dienone is 4. The van der Waals surface area contributed by atoms with Gasteiger partial charge in [-0.2, -0.15) is 0 Å². The third-order valence-electron chi connectivity index (χ3n) is 11.0. The number of benzene rings is 1. The van der Waals surface area contributed by atoms with Crippen LogP contribution >= 0.6 is 11.6 Å². The SMILES string of the molecule is C[C@]12C=CC(=O)C=C1[C@@H](F)C[C@H]1[C@@H]3C[C@H]4CN(c5cccc(Cl)c5)C[C@@]4(C(=O)CO)[C@@]3(C)C[C@H](O)[C@@]12F. The summed E-state index contributed by atoms with van der Waals surface area (Å²) in [5, 5.41) is 22.3. The van der Waals surface area contributed by atoms with Crippen molar-refractivity contribution in [3.63, 3.8) is 0 Å². The van der Waals surface area contributed by atoms with Crippen molar-refractivity contribution in [1.29, 1.82) is 0 Å². The Hall–Kier alpha value is -2.09. The Kier molecular flexibility index (Phi) is 5.42. The first kappa shape index (κ1) is 25.2. The van der Waals surface area contributed by atoms with E-state index < -0.39 is 46.7 Å². The number of rotatable bonds is 3. The molecular formula is C29H32ClF2NO4. The third-order valence-corrected chi connectivity index (χ3v) is 11.2. The maximum absolute atomic E-state index is 17.4. The second-order valence-corrected chi connectivity index (χ2v) is 12.6. The van der Waals surface area contributed by atoms with Crippen molar-refractivity contribution in [3.05, 3.63) is 53.1 Å². The Balaban J connectivity index is 1.45. The maximum Gasteiger partial charge on any atom is 0.178 e. The molecule has 198 valence electrons. The minimum absolute atomic E-state index is 0.0118. The molecule has 37 heavy (non-hydrogen) atoms. The van der Waals surface area contributed by atoms with Crippen LogP contribution in [0, 0.1) is 34.0 Å². The number of ketones is 2. The van der Waals surface area contributed by atoms with Gasteiger partial charge >= 0.3 is 0 Å². The van der Waals surface area contributed by atoms with Gasteiger partial charge in [-0.15, -0.1) is 0 Å². The molecule has 1 saturated heterocycles. The Bertz CT molecular complexity index is 1250. The number of fused-ring (bicyclic) bond motifs is 7. The molecule has 0 amide bonds. The summed E-state index contributed by atoms with van der Waals surface area (Å²) in [5.74, 6) is -2.10. The lowest BCUT2D eigenvalue weighted by molar-refractivity contribution is -0.210. The molecule has 9 atom stereocenters. The van der Waals surface area contributed by atoms with Crippen molar-refractivity contribution < 1.29 is 28.6 Å². The summed E-state index contributed by atoms with van der Waals surface area (Å²) in [4.78, 5) is 27.8. The minimum atomic E-state index is -2.18. The van der Waals surface area contributed by atoms with E-state index in [9.17, 15) is 19.8 Å². The van der Waals surface area contributed by atoms with Crippen LogP contribution in [0.25, 0.3) is 0 Å². The normalized spacial score (nSPS) is 46.1. The van der Waals surface area contributed by atoms with Crippen molar-refractivity contribution in [3.8, 4) is 0 Å². The fourth-order valence-corrected chi connectivity index (χ4v) is 9.48. The first-order valence-corrected chi connectivity index (χ1v) is 13.4. The molecule has 2 N–H and O–H groups in total. The van der Waals surface area contributed by atoms with Gasteiger partial charge in [0.05, 0.1) is 11.5 Å². The molecule has 0 unspecified atom stereocenters. The summed E-state index contributed by atoms with van der Waals surface area (Å²) in [6.45, 7) is 3.70. The van der Waals surface area contributed by atoms with E-state index in [-0.39, 0.29) is 41.8 Å². The minimum Gasteiger partial charge on any atom is -0.390 e. The van der Waals surface area contributed by atoms with Crippen LogP contribution < -0.4 is 4.90 Å². The molecule has 0 radical (unpaired) electrons. The van der Waals surface area contributed by atoms with Crippen LogP contribution in [-0.4, -0.2) is 59.4 Å². The number of hydrogen-bond acceptors (Lipinski definition) is 5. The van der Waals surface area contributed by atoms with Gasteiger partial charge in [0.25, 0.3) is 0 Å². The average molecular weight is 532 g/mol. The third kappa shape index (κ3) is 2.97. The molecule has 0 bridgehead atoms. The number of nitrogens with zero attached hydrogens (tertiary/aromatic N) is 1. The molecule has 5 aliphatic rings. The molecule has 1 aromatic carbocycles. The van der Waals surface area contributed by atoms with Crippen LogP contribution in [0.5, 0.6) is 0 Å². The standard InChI is InChI=1S/C29H32ClF2NO4/c1-26-7-6-19(35)10-22(26)23(31)11-21-20-8-16-13-33(18-5-3-4-17(30)9-18)15-28(16,25(37)14-34)27(20,2)12-24(36)29(21,26)32/h3-7,9-10,16,20-21,23-24,34,36H,8,11-15H2,1-2H3/t16-,20-,21-,23-,24-,26-,27-,28+,29-/m0/s1. The van der Waals surface area contributed by atoms with E-state index in [2.05, 4.69) is 4.90 Å². The number of Topliss-reactive ketones (excluding diaryl/α,β-unsaturated/α-hetero) is 1. The van der Waals surface area contributed by atoms with Crippen molar-refractivity contribution in [2.75, 3.05) is 24.6 Å². The molecule has 8 heteroatoms. The maximum atomic E-state index is 17.4. The van der Waals surface area contributed by atoms with Gasteiger partial charge in [0.2, 0.25) is 0 Å². The Morgan fingerprint density at radius 1 is 1.24 bits per heavy atom. The molecule has 1 aromatic rings. The van der Waals surface area contributed by atoms with E-state index in [0.29, 0.717) is 24.5 Å². The quantitative estimate of drug-likeness (QED) is 0.609. The fraction of sp³-hybridized carbons (Fsp3) is 0.586. The summed E-state index contributed by atoms with van der Waals surface area (Å²) in [6, 6.07) is 7.38. The smallest absolute Gasteiger partial charge is 0.178 e. The van der Waals surface area contributed by atoms with Crippen LogP contribution in [0.15, 0.2) is 48.1 Å². The summed E-state index contributed by atoms with van der Waals surface area (Å²) in [6.07, 6.45) is 1.25. The molecule has 5 nitrogen and oxygen atoms in total. The molecule has 1 heterocycles. The Morgan fingerprint density at radius 2 is 2.00 bits per heavy atom. The average Bonchev–Trinajstić information content (AvgIpc) is 3.35. The van der Waals surface area contributed by atoms with Gasteiger partial charge in [0, 0.05) is 35.1 Å². The zero-order chi connectivity index (χ0) is 26.5. The second-order valence-electron chi connectivity index (χ2n) is 12.2. The van der Waals surface area contributed by atoms with Crippen LogP contribution in [0.2, 0.25) is 5.02 Å². The van der Waals surface area contributed by atoms with Crippen LogP contribution in [0.3, 0.4) is 0 Å². The molecule has 4 aliphatic carbocycles. The largest absolute Gasteiger partial charge is 0.390 e. The second kappa shape index (κ2) is 7.96. The van der Waals surface area contributed by atoms with Gasteiger partial charge in [0.15, 0.2) is 17.2 Å². The highest BCUT2D eigenvalue weighted by atomic mass is 35.5. The van der Waals surface area contributed by atoms with Crippen LogP contribution in [0.1, 0.15) is 33.1 Å². The molecular weight excluding hydrogens is 500 g/mol. The predicted molar refractivity (Wildman–Crippen MR) is 136 cm³/mol. The first-order valence-electron chi connectivity index (χ1n) is 13.0. The molecule has 4 fully saturated rings. The molecule has 0 aromatic heterocycles. The lowest BCUT2D eigenvalue weighted by atomic mass is 9.43. The van der Waals surface area contributed by atoms with Gasteiger partial charge in [-0.3, -0.25) is 9.59 Å². The van der Waals surface area contributed by atoms with E-state index in [0.717, 1.165) is 5.69 Å². The van der Waals surface area contributed by atoms with E-state index >= 15 is 8.78 Å². The number of anilines is 1. The number of aliphatic hydroxyl groups excluding tert-OH is 2. The number of carbonyl (C=O) groups excluding carboxylic acids is 2. The number of halogens is 3. The molecule has 1 aliphatic heterocycles. The summed E-state index contributed by atoms with van der Waals surface area (Å²) in [7, 11) is 0. The number of carbonyl (C=O) groups is 2. The zero-order valence-corrected chi connectivity index (χ0v) is 21.7. The predicted octanol–water partition coefficient (Wildman–Crippen LogP) is 4.25. The summed E-state index contributed by atoms with van der Waals surface area (Å²) >= 11 is 6.23.